The number of alkyl halides is 3. The van der Waals surface area contributed by atoms with Crippen LogP contribution >= 0.6 is 0 Å². The molecule has 1 saturated heterocycles. The average Bonchev–Trinajstić information content (AvgIpc) is 3.03. The fourth-order valence-corrected chi connectivity index (χ4v) is 2.88. The summed E-state index contributed by atoms with van der Waals surface area (Å²) in [5, 5.41) is 0. The van der Waals surface area contributed by atoms with Crippen LogP contribution in [-0.2, 0) is 28.9 Å². The largest absolute Gasteiger partial charge is 0.416 e. The third-order valence-electron chi connectivity index (χ3n) is 4.11. The fourth-order valence-electron chi connectivity index (χ4n) is 2.88. The summed E-state index contributed by atoms with van der Waals surface area (Å²) < 4.78 is 38.1. The first-order valence-electron chi connectivity index (χ1n) is 7.09. The molecule has 2 heterocycles. The van der Waals surface area contributed by atoms with Gasteiger partial charge in [0.25, 0.3) is 0 Å². The second-order valence-electron chi connectivity index (χ2n) is 5.65. The number of halogens is 3. The molecule has 0 bridgehead atoms. The highest BCUT2D eigenvalue weighted by Gasteiger charge is 2.33. The van der Waals surface area contributed by atoms with Gasteiger partial charge in [0.05, 0.1) is 12.1 Å². The van der Waals surface area contributed by atoms with E-state index >= 15 is 0 Å². The van der Waals surface area contributed by atoms with E-state index in [-0.39, 0.29) is 24.9 Å². The van der Waals surface area contributed by atoms with Crippen LogP contribution in [0.1, 0.15) is 29.5 Å². The van der Waals surface area contributed by atoms with Gasteiger partial charge in [0.2, 0.25) is 11.8 Å². The Morgan fingerprint density at radius 2 is 1.91 bits per heavy atom. The van der Waals surface area contributed by atoms with Crippen molar-refractivity contribution in [2.45, 2.75) is 32.1 Å². The first-order chi connectivity index (χ1) is 10.3. The number of carbonyl (C=O) groups excluding carboxylic acids is 2. The van der Waals surface area contributed by atoms with Crippen LogP contribution in [0.2, 0.25) is 0 Å². The molecule has 0 spiro atoms. The van der Waals surface area contributed by atoms with E-state index in [1.807, 2.05) is 0 Å². The zero-order chi connectivity index (χ0) is 15.9. The monoisotopic (exact) mass is 312 g/mol. The van der Waals surface area contributed by atoms with E-state index in [9.17, 15) is 22.8 Å². The molecule has 3 rings (SSSR count). The van der Waals surface area contributed by atoms with Gasteiger partial charge in [-0.15, -0.1) is 0 Å². The highest BCUT2D eigenvalue weighted by molar-refractivity contribution is 5.86. The van der Waals surface area contributed by atoms with Gasteiger partial charge in [-0.25, -0.2) is 0 Å². The number of rotatable bonds is 2. The van der Waals surface area contributed by atoms with Crippen molar-refractivity contribution < 1.29 is 22.8 Å². The van der Waals surface area contributed by atoms with Crippen molar-refractivity contribution in [3.05, 3.63) is 34.9 Å². The zero-order valence-corrected chi connectivity index (χ0v) is 11.8. The van der Waals surface area contributed by atoms with Gasteiger partial charge in [0.1, 0.15) is 0 Å². The number of amides is 2. The first-order valence-corrected chi connectivity index (χ1v) is 7.09. The fraction of sp³-hybridized carbons (Fsp3) is 0.467. The van der Waals surface area contributed by atoms with Crippen LogP contribution in [-0.4, -0.2) is 34.7 Å². The van der Waals surface area contributed by atoms with Gasteiger partial charge in [0.15, 0.2) is 0 Å². The SMILES string of the molecule is O=C1CCCN1CC(=O)N1Cc2ccc(C(F)(F)F)cc2C1. The molecule has 2 aliphatic heterocycles. The Morgan fingerprint density at radius 1 is 1.18 bits per heavy atom. The summed E-state index contributed by atoms with van der Waals surface area (Å²) in [6.45, 7) is 1.05. The van der Waals surface area contributed by atoms with Crippen LogP contribution in [0.5, 0.6) is 0 Å². The molecule has 1 aromatic carbocycles. The normalized spacial score (nSPS) is 18.0. The Bertz CT molecular complexity index is 628. The summed E-state index contributed by atoms with van der Waals surface area (Å²) in [5.41, 5.74) is 0.556. The number of hydrogen-bond donors (Lipinski definition) is 0. The average molecular weight is 312 g/mol. The molecule has 0 saturated carbocycles. The van der Waals surface area contributed by atoms with Crippen LogP contribution in [0.4, 0.5) is 13.2 Å². The lowest BCUT2D eigenvalue weighted by Crippen LogP contribution is -2.38. The van der Waals surface area contributed by atoms with E-state index in [4.69, 9.17) is 0 Å². The van der Waals surface area contributed by atoms with Crippen LogP contribution in [0.15, 0.2) is 18.2 Å². The number of likely N-dealkylation sites (tertiary alicyclic amines) is 1. The summed E-state index contributed by atoms with van der Waals surface area (Å²) in [4.78, 5) is 26.7. The molecule has 4 nitrogen and oxygen atoms in total. The zero-order valence-electron chi connectivity index (χ0n) is 11.8. The van der Waals surface area contributed by atoms with Crippen LogP contribution in [0, 0.1) is 0 Å². The summed E-state index contributed by atoms with van der Waals surface area (Å²) in [6, 6.07) is 3.56. The van der Waals surface area contributed by atoms with E-state index in [0.29, 0.717) is 25.1 Å². The molecule has 22 heavy (non-hydrogen) atoms. The summed E-state index contributed by atoms with van der Waals surface area (Å²) in [5.74, 6) is -0.260. The lowest BCUT2D eigenvalue weighted by atomic mass is 10.1. The number of fused-ring (bicyclic) bond motifs is 1. The Hall–Kier alpha value is -2.05. The van der Waals surface area contributed by atoms with E-state index in [2.05, 4.69) is 0 Å². The quantitative estimate of drug-likeness (QED) is 0.840. The Balaban J connectivity index is 1.69. The number of carbonyl (C=O) groups is 2. The van der Waals surface area contributed by atoms with Crippen molar-refractivity contribution in [2.24, 2.45) is 0 Å². The first kappa shape index (κ1) is 14.9. The number of hydrogen-bond acceptors (Lipinski definition) is 2. The molecule has 0 atom stereocenters. The van der Waals surface area contributed by atoms with Crippen LogP contribution in [0.3, 0.4) is 0 Å². The van der Waals surface area contributed by atoms with Crippen molar-refractivity contribution in [1.82, 2.24) is 9.80 Å². The molecule has 0 radical (unpaired) electrons. The second kappa shape index (κ2) is 5.30. The highest BCUT2D eigenvalue weighted by Crippen LogP contribution is 2.33. The molecule has 1 fully saturated rings. The Kier molecular flexibility index (Phi) is 3.58. The summed E-state index contributed by atoms with van der Waals surface area (Å²) >= 11 is 0. The standard InChI is InChI=1S/C15H15F3N2O2/c16-15(17,18)12-4-3-10-7-20(8-11(10)6-12)14(22)9-19-5-1-2-13(19)21/h3-4,6H,1-2,5,7-9H2. The molecule has 0 unspecified atom stereocenters. The molecule has 2 amide bonds. The molecule has 7 heteroatoms. The Morgan fingerprint density at radius 3 is 2.55 bits per heavy atom. The molecule has 1 aromatic rings. The molecular weight excluding hydrogens is 297 g/mol. The molecule has 0 aromatic heterocycles. The van der Waals surface area contributed by atoms with Gasteiger partial charge in [-0.05, 0) is 29.7 Å². The van der Waals surface area contributed by atoms with E-state index in [1.54, 1.807) is 0 Å². The van der Waals surface area contributed by atoms with Gasteiger partial charge >= 0.3 is 6.18 Å². The third-order valence-corrected chi connectivity index (χ3v) is 4.11. The molecular formula is C15H15F3N2O2. The topological polar surface area (TPSA) is 40.6 Å². The lowest BCUT2D eigenvalue weighted by Gasteiger charge is -2.20. The van der Waals surface area contributed by atoms with E-state index < -0.39 is 11.7 Å². The van der Waals surface area contributed by atoms with Gasteiger partial charge in [-0.1, -0.05) is 6.07 Å². The summed E-state index contributed by atoms with van der Waals surface area (Å²) in [7, 11) is 0. The maximum Gasteiger partial charge on any atom is 0.416 e. The molecule has 2 aliphatic rings. The van der Waals surface area contributed by atoms with Crippen molar-refractivity contribution in [3.63, 3.8) is 0 Å². The van der Waals surface area contributed by atoms with Gasteiger partial charge in [-0.2, -0.15) is 13.2 Å². The maximum atomic E-state index is 12.7. The van der Waals surface area contributed by atoms with Crippen molar-refractivity contribution >= 4 is 11.8 Å². The number of benzene rings is 1. The number of nitrogens with zero attached hydrogens (tertiary/aromatic N) is 2. The minimum absolute atomic E-state index is 0.0128. The maximum absolute atomic E-state index is 12.7. The van der Waals surface area contributed by atoms with Crippen molar-refractivity contribution in [1.29, 1.82) is 0 Å². The minimum Gasteiger partial charge on any atom is -0.333 e. The van der Waals surface area contributed by atoms with Crippen molar-refractivity contribution in [2.75, 3.05) is 13.1 Å². The predicted molar refractivity (Wildman–Crippen MR) is 71.5 cm³/mol. The lowest BCUT2D eigenvalue weighted by molar-refractivity contribution is -0.138. The van der Waals surface area contributed by atoms with E-state index in [0.717, 1.165) is 24.1 Å². The van der Waals surface area contributed by atoms with E-state index in [1.165, 1.54) is 15.9 Å². The van der Waals surface area contributed by atoms with Crippen LogP contribution in [0.25, 0.3) is 0 Å². The summed E-state index contributed by atoms with van der Waals surface area (Å²) in [6.07, 6.45) is -3.17. The van der Waals surface area contributed by atoms with Gasteiger partial charge < -0.3 is 9.80 Å². The molecule has 0 aliphatic carbocycles. The van der Waals surface area contributed by atoms with Crippen molar-refractivity contribution in [3.8, 4) is 0 Å². The minimum atomic E-state index is -4.38. The smallest absolute Gasteiger partial charge is 0.333 e. The van der Waals surface area contributed by atoms with Gasteiger partial charge in [0, 0.05) is 26.1 Å². The van der Waals surface area contributed by atoms with Crippen LogP contribution < -0.4 is 0 Å². The molecule has 0 N–H and O–H groups in total. The second-order valence-corrected chi connectivity index (χ2v) is 5.65. The van der Waals surface area contributed by atoms with Gasteiger partial charge in [-0.3, -0.25) is 9.59 Å². The Labute approximate surface area is 125 Å². The highest BCUT2D eigenvalue weighted by atomic mass is 19.4. The third kappa shape index (κ3) is 2.80. The predicted octanol–water partition coefficient (Wildman–Crippen LogP) is 2.17. The molecule has 118 valence electrons.